The Labute approximate surface area is 176 Å². The molecule has 1 aromatic heterocycles. The van der Waals surface area contributed by atoms with Gasteiger partial charge in [-0.1, -0.05) is 0 Å². The predicted molar refractivity (Wildman–Crippen MR) is 117 cm³/mol. The third kappa shape index (κ3) is 6.19. The Morgan fingerprint density at radius 2 is 2.17 bits per heavy atom. The molecule has 0 aliphatic carbocycles. The molecule has 0 saturated carbocycles. The number of rotatable bonds is 7. The highest BCUT2D eigenvalue weighted by Gasteiger charge is 2.26. The molecule has 2 N–H and O–H groups in total. The third-order valence-corrected chi connectivity index (χ3v) is 7.69. The molecule has 2 saturated heterocycles. The lowest BCUT2D eigenvalue weighted by Gasteiger charge is -2.25. The van der Waals surface area contributed by atoms with Crippen molar-refractivity contribution in [2.24, 2.45) is 4.99 Å². The number of hydrogen-bond donors (Lipinski definition) is 2. The second-order valence-corrected chi connectivity index (χ2v) is 10.3. The lowest BCUT2D eigenvalue weighted by molar-refractivity contribution is 0.444. The second kappa shape index (κ2) is 10.4. The Kier molecular flexibility index (Phi) is 7.96. The van der Waals surface area contributed by atoms with Gasteiger partial charge in [0.15, 0.2) is 17.6 Å². The molecule has 3 rings (SSSR count). The molecule has 0 aromatic carbocycles. The van der Waals surface area contributed by atoms with Crippen LogP contribution in [0.25, 0.3) is 0 Å². The van der Waals surface area contributed by atoms with E-state index in [1.165, 1.54) is 6.07 Å². The standard InChI is InChI=1S/C18H29FN6O2S2/c1-2-20-18(22-7-13-29(26,27)25-9-11-28-12-10-25)23-15-5-8-24(14-15)17-16(19)4-3-6-21-17/h3-4,6,15H,2,5,7-14H2,1H3,(H2,20,22,23). The van der Waals surface area contributed by atoms with Crippen LogP contribution in [0.3, 0.4) is 0 Å². The monoisotopic (exact) mass is 444 g/mol. The van der Waals surface area contributed by atoms with Gasteiger partial charge in [-0.25, -0.2) is 22.1 Å². The fraction of sp³-hybridized carbons (Fsp3) is 0.667. The van der Waals surface area contributed by atoms with Crippen molar-refractivity contribution in [2.45, 2.75) is 19.4 Å². The number of halogens is 1. The zero-order valence-electron chi connectivity index (χ0n) is 16.7. The number of nitrogens with zero attached hydrogens (tertiary/aromatic N) is 4. The molecule has 1 atom stereocenters. The molecule has 0 spiro atoms. The maximum absolute atomic E-state index is 14.0. The average Bonchev–Trinajstić information content (AvgIpc) is 3.17. The number of aromatic nitrogens is 1. The summed E-state index contributed by atoms with van der Waals surface area (Å²) in [5.41, 5.74) is 0. The van der Waals surface area contributed by atoms with E-state index in [1.54, 1.807) is 28.3 Å². The first-order valence-corrected chi connectivity index (χ1v) is 12.7. The highest BCUT2D eigenvalue weighted by Crippen LogP contribution is 2.20. The maximum Gasteiger partial charge on any atom is 0.215 e. The van der Waals surface area contributed by atoms with Crippen LogP contribution in [0.1, 0.15) is 13.3 Å². The zero-order valence-corrected chi connectivity index (χ0v) is 18.3. The number of nitrogens with one attached hydrogen (secondary N) is 2. The van der Waals surface area contributed by atoms with Crippen LogP contribution >= 0.6 is 11.8 Å². The van der Waals surface area contributed by atoms with Crippen LogP contribution in [0, 0.1) is 5.82 Å². The van der Waals surface area contributed by atoms with E-state index in [9.17, 15) is 12.8 Å². The van der Waals surface area contributed by atoms with Gasteiger partial charge in [0.2, 0.25) is 10.0 Å². The van der Waals surface area contributed by atoms with Crippen molar-refractivity contribution in [2.75, 3.05) is 61.4 Å². The highest BCUT2D eigenvalue weighted by atomic mass is 32.2. The van der Waals surface area contributed by atoms with Crippen molar-refractivity contribution in [1.29, 1.82) is 0 Å². The molecule has 29 heavy (non-hydrogen) atoms. The number of aliphatic imine (C=N–C) groups is 1. The summed E-state index contributed by atoms with van der Waals surface area (Å²) in [6, 6.07) is 3.08. The Hall–Kier alpha value is -1.59. The summed E-state index contributed by atoms with van der Waals surface area (Å²) in [7, 11) is -3.27. The summed E-state index contributed by atoms with van der Waals surface area (Å²) < 4.78 is 40.4. The second-order valence-electron chi connectivity index (χ2n) is 6.97. The van der Waals surface area contributed by atoms with Gasteiger partial charge < -0.3 is 15.5 Å². The molecule has 2 fully saturated rings. The van der Waals surface area contributed by atoms with Gasteiger partial charge in [-0.2, -0.15) is 11.8 Å². The van der Waals surface area contributed by atoms with E-state index in [1.807, 2.05) is 11.8 Å². The molecule has 11 heteroatoms. The number of guanidine groups is 1. The minimum atomic E-state index is -3.27. The van der Waals surface area contributed by atoms with Crippen molar-refractivity contribution in [3.63, 3.8) is 0 Å². The van der Waals surface area contributed by atoms with Gasteiger partial charge in [-0.05, 0) is 25.5 Å². The van der Waals surface area contributed by atoms with E-state index in [2.05, 4.69) is 20.6 Å². The fourth-order valence-electron chi connectivity index (χ4n) is 3.42. The van der Waals surface area contributed by atoms with Crippen LogP contribution < -0.4 is 15.5 Å². The van der Waals surface area contributed by atoms with E-state index < -0.39 is 10.0 Å². The van der Waals surface area contributed by atoms with Gasteiger partial charge in [0.1, 0.15) is 0 Å². The van der Waals surface area contributed by atoms with Gasteiger partial charge >= 0.3 is 0 Å². The largest absolute Gasteiger partial charge is 0.357 e. The van der Waals surface area contributed by atoms with E-state index >= 15 is 0 Å². The Morgan fingerprint density at radius 1 is 1.38 bits per heavy atom. The maximum atomic E-state index is 14.0. The smallest absolute Gasteiger partial charge is 0.215 e. The molecule has 3 heterocycles. The van der Waals surface area contributed by atoms with Crippen LogP contribution in [-0.2, 0) is 10.0 Å². The van der Waals surface area contributed by atoms with Crippen molar-refractivity contribution < 1.29 is 12.8 Å². The van der Waals surface area contributed by atoms with E-state index in [4.69, 9.17) is 0 Å². The van der Waals surface area contributed by atoms with Gasteiger partial charge in [0.25, 0.3) is 0 Å². The lowest BCUT2D eigenvalue weighted by Crippen LogP contribution is -2.45. The Morgan fingerprint density at radius 3 is 2.90 bits per heavy atom. The fourth-order valence-corrected chi connectivity index (χ4v) is 5.87. The number of hydrogen-bond acceptors (Lipinski definition) is 6. The molecule has 1 unspecified atom stereocenters. The first-order valence-electron chi connectivity index (χ1n) is 9.95. The van der Waals surface area contributed by atoms with E-state index in [0.717, 1.165) is 17.9 Å². The number of thioether (sulfide) groups is 1. The Bertz CT molecular complexity index is 801. The summed E-state index contributed by atoms with van der Waals surface area (Å²) >= 11 is 1.78. The van der Waals surface area contributed by atoms with Crippen molar-refractivity contribution >= 4 is 33.6 Å². The summed E-state index contributed by atoms with van der Waals surface area (Å²) in [5.74, 6) is 2.33. The number of anilines is 1. The molecular weight excluding hydrogens is 415 g/mol. The first kappa shape index (κ1) is 22.1. The molecule has 0 bridgehead atoms. The first-order chi connectivity index (χ1) is 14.0. The minimum absolute atomic E-state index is 0.00415. The van der Waals surface area contributed by atoms with Gasteiger partial charge in [-0.15, -0.1) is 0 Å². The molecule has 1 aromatic rings. The minimum Gasteiger partial charge on any atom is -0.357 e. The van der Waals surface area contributed by atoms with Gasteiger partial charge in [0.05, 0.1) is 12.3 Å². The molecular formula is C18H29FN6O2S2. The van der Waals surface area contributed by atoms with Crippen LogP contribution in [0.4, 0.5) is 10.2 Å². The topological polar surface area (TPSA) is 89.9 Å². The summed E-state index contributed by atoms with van der Waals surface area (Å²) in [6.07, 6.45) is 2.41. The number of pyridine rings is 1. The Balaban J connectivity index is 1.54. The van der Waals surface area contributed by atoms with Crippen molar-refractivity contribution in [3.05, 3.63) is 24.1 Å². The highest BCUT2D eigenvalue weighted by molar-refractivity contribution is 7.99. The molecule has 2 aliphatic rings. The normalized spacial score (nSPS) is 21.4. The molecule has 0 amide bonds. The van der Waals surface area contributed by atoms with Gasteiger partial charge in [-0.3, -0.25) is 4.99 Å². The SMILES string of the molecule is CCNC(=NCCS(=O)(=O)N1CCSCC1)NC1CCN(c2ncccc2F)C1. The molecule has 8 nitrogen and oxygen atoms in total. The van der Waals surface area contributed by atoms with E-state index in [-0.39, 0.29) is 24.2 Å². The zero-order chi connectivity index (χ0) is 20.7. The molecule has 0 radical (unpaired) electrons. The van der Waals surface area contributed by atoms with Crippen LogP contribution in [-0.4, -0.2) is 86.2 Å². The quantitative estimate of drug-likeness (QED) is 0.473. The summed E-state index contributed by atoms with van der Waals surface area (Å²) in [6.45, 7) is 5.31. The van der Waals surface area contributed by atoms with Crippen LogP contribution in [0.5, 0.6) is 0 Å². The molecule has 2 aliphatic heterocycles. The number of sulfonamides is 1. The van der Waals surface area contributed by atoms with Gasteiger partial charge in [0, 0.05) is 56.5 Å². The molecule has 162 valence electrons. The average molecular weight is 445 g/mol. The van der Waals surface area contributed by atoms with Crippen molar-refractivity contribution in [1.82, 2.24) is 19.9 Å². The summed E-state index contributed by atoms with van der Waals surface area (Å²) in [5, 5.41) is 6.50. The summed E-state index contributed by atoms with van der Waals surface area (Å²) in [4.78, 5) is 10.5. The van der Waals surface area contributed by atoms with E-state index in [0.29, 0.717) is 44.5 Å². The van der Waals surface area contributed by atoms with Crippen LogP contribution in [0.15, 0.2) is 23.3 Å². The third-order valence-electron chi connectivity index (χ3n) is 4.89. The lowest BCUT2D eigenvalue weighted by atomic mass is 10.3. The predicted octanol–water partition coefficient (Wildman–Crippen LogP) is 0.733. The van der Waals surface area contributed by atoms with Crippen LogP contribution in [0.2, 0.25) is 0 Å². The van der Waals surface area contributed by atoms with Crippen molar-refractivity contribution in [3.8, 4) is 0 Å².